The van der Waals surface area contributed by atoms with E-state index in [2.05, 4.69) is 0 Å². The number of carbonyl (C=O) groups is 4. The Morgan fingerprint density at radius 1 is 0.591 bits per heavy atom. The van der Waals surface area contributed by atoms with Crippen LogP contribution in [0.4, 0.5) is 0 Å². The molecule has 0 unspecified atom stereocenters. The minimum absolute atomic E-state index is 0. The van der Waals surface area contributed by atoms with Crippen molar-refractivity contribution in [1.29, 1.82) is 0 Å². The van der Waals surface area contributed by atoms with Gasteiger partial charge >= 0.3 is 23.9 Å². The van der Waals surface area contributed by atoms with E-state index >= 15 is 0 Å². The van der Waals surface area contributed by atoms with Gasteiger partial charge in [-0.1, -0.05) is 0 Å². The molecule has 4 N–H and O–H groups in total. The molecule has 0 amide bonds. The van der Waals surface area contributed by atoms with E-state index in [4.69, 9.17) is 20.4 Å². The SMILES string of the molecule is O=C(O)CN(CCCN(CC(=O)O)CC(=O)O)CC(=O)O.[Cr]. The fraction of sp³-hybridized carbons (Fsp3) is 0.636. The monoisotopic (exact) mass is 358 g/mol. The van der Waals surface area contributed by atoms with Crippen LogP contribution in [0.3, 0.4) is 0 Å². The van der Waals surface area contributed by atoms with Crippen LogP contribution in [0.1, 0.15) is 6.42 Å². The first-order chi connectivity index (χ1) is 9.70. The summed E-state index contributed by atoms with van der Waals surface area (Å²) in [5.41, 5.74) is 0. The van der Waals surface area contributed by atoms with E-state index in [9.17, 15) is 19.2 Å². The van der Waals surface area contributed by atoms with Crippen molar-refractivity contribution < 1.29 is 57.0 Å². The summed E-state index contributed by atoms with van der Waals surface area (Å²) in [7, 11) is 0. The summed E-state index contributed by atoms with van der Waals surface area (Å²) in [5, 5.41) is 34.6. The molecule has 0 radical (unpaired) electrons. The first kappa shape index (κ1) is 22.6. The van der Waals surface area contributed by atoms with Crippen LogP contribution < -0.4 is 0 Å². The van der Waals surface area contributed by atoms with Crippen molar-refractivity contribution in [2.45, 2.75) is 6.42 Å². The van der Waals surface area contributed by atoms with Crippen molar-refractivity contribution in [2.75, 3.05) is 39.3 Å². The molecular formula is C11H18CrN2O8. The number of carboxylic acids is 4. The van der Waals surface area contributed by atoms with Crippen molar-refractivity contribution in [1.82, 2.24) is 9.80 Å². The number of nitrogens with zero attached hydrogens (tertiary/aromatic N) is 2. The van der Waals surface area contributed by atoms with Gasteiger partial charge in [0.05, 0.1) is 26.2 Å². The third-order valence-corrected chi connectivity index (χ3v) is 2.38. The molecule has 126 valence electrons. The minimum Gasteiger partial charge on any atom is -0.480 e. The zero-order valence-corrected chi connectivity index (χ0v) is 12.9. The Bertz CT molecular complexity index is 336. The number of aliphatic carboxylic acids is 4. The fourth-order valence-electron chi connectivity index (χ4n) is 1.71. The molecule has 0 aromatic carbocycles. The molecule has 0 saturated carbocycles. The van der Waals surface area contributed by atoms with Crippen molar-refractivity contribution in [3.63, 3.8) is 0 Å². The van der Waals surface area contributed by atoms with Crippen LogP contribution in [-0.2, 0) is 36.5 Å². The van der Waals surface area contributed by atoms with Gasteiger partial charge in [0.1, 0.15) is 0 Å². The van der Waals surface area contributed by atoms with E-state index in [1.54, 1.807) is 0 Å². The molecule has 0 bridgehead atoms. The molecule has 0 atom stereocenters. The summed E-state index contributed by atoms with van der Waals surface area (Å²) in [6, 6.07) is 0. The van der Waals surface area contributed by atoms with Crippen molar-refractivity contribution >= 4 is 23.9 Å². The quantitative estimate of drug-likeness (QED) is 0.318. The second kappa shape index (κ2) is 11.9. The Labute approximate surface area is 137 Å². The van der Waals surface area contributed by atoms with E-state index in [0.717, 1.165) is 0 Å². The molecule has 0 rings (SSSR count). The van der Waals surface area contributed by atoms with Gasteiger partial charge in [0, 0.05) is 30.5 Å². The summed E-state index contributed by atoms with van der Waals surface area (Å²) >= 11 is 0. The van der Waals surface area contributed by atoms with E-state index in [1.165, 1.54) is 9.80 Å². The average Bonchev–Trinajstić information content (AvgIpc) is 2.24. The van der Waals surface area contributed by atoms with Gasteiger partial charge in [0.2, 0.25) is 0 Å². The van der Waals surface area contributed by atoms with Crippen LogP contribution in [0.5, 0.6) is 0 Å². The smallest absolute Gasteiger partial charge is 0.317 e. The molecule has 11 heteroatoms. The predicted octanol–water partition coefficient (Wildman–Crippen LogP) is -1.68. The van der Waals surface area contributed by atoms with E-state index in [0.29, 0.717) is 0 Å². The normalized spacial score (nSPS) is 10.3. The summed E-state index contributed by atoms with van der Waals surface area (Å²) in [6.07, 6.45) is 0.251. The summed E-state index contributed by atoms with van der Waals surface area (Å²) in [4.78, 5) is 44.7. The standard InChI is InChI=1S/C11H18N2O8.Cr/c14-8(15)4-12(5-9(16)17)2-1-3-13(6-10(18)19)7-11(20)21;/h1-7H2,(H,14,15)(H,16,17)(H,18,19)(H,20,21);. The molecule has 0 heterocycles. The zero-order valence-electron chi connectivity index (χ0n) is 11.7. The van der Waals surface area contributed by atoms with Crippen molar-refractivity contribution in [3.8, 4) is 0 Å². The van der Waals surface area contributed by atoms with Gasteiger partial charge in [-0.25, -0.2) is 0 Å². The van der Waals surface area contributed by atoms with Gasteiger partial charge in [-0.3, -0.25) is 29.0 Å². The molecule has 0 aromatic heterocycles. The molecule has 0 saturated heterocycles. The zero-order chi connectivity index (χ0) is 16.4. The maximum absolute atomic E-state index is 10.6. The Hall–Kier alpha value is -1.67. The second-order valence-electron chi connectivity index (χ2n) is 4.35. The molecule has 0 aliphatic rings. The molecule has 0 spiro atoms. The van der Waals surface area contributed by atoms with Crippen LogP contribution in [0.2, 0.25) is 0 Å². The molecule has 0 aromatic rings. The molecule has 0 fully saturated rings. The van der Waals surface area contributed by atoms with Crippen LogP contribution in [0, 0.1) is 0 Å². The summed E-state index contributed by atoms with van der Waals surface area (Å²) in [6.45, 7) is -1.61. The van der Waals surface area contributed by atoms with Crippen molar-refractivity contribution in [3.05, 3.63) is 0 Å². The number of rotatable bonds is 12. The van der Waals surface area contributed by atoms with Crippen LogP contribution in [0.25, 0.3) is 0 Å². The third kappa shape index (κ3) is 13.3. The third-order valence-electron chi connectivity index (χ3n) is 2.38. The first-order valence-electron chi connectivity index (χ1n) is 6.02. The van der Waals surface area contributed by atoms with Gasteiger partial charge < -0.3 is 20.4 Å². The summed E-state index contributed by atoms with van der Waals surface area (Å²) in [5.74, 6) is -4.71. The van der Waals surface area contributed by atoms with E-state index < -0.39 is 50.1 Å². The summed E-state index contributed by atoms with van der Waals surface area (Å²) < 4.78 is 0. The molecule has 0 aliphatic carbocycles. The molecule has 22 heavy (non-hydrogen) atoms. The van der Waals surface area contributed by atoms with Gasteiger partial charge in [-0.15, -0.1) is 0 Å². The fourth-order valence-corrected chi connectivity index (χ4v) is 1.71. The van der Waals surface area contributed by atoms with Crippen LogP contribution in [-0.4, -0.2) is 93.4 Å². The van der Waals surface area contributed by atoms with Crippen LogP contribution >= 0.6 is 0 Å². The van der Waals surface area contributed by atoms with E-state index in [1.807, 2.05) is 0 Å². The first-order valence-corrected chi connectivity index (χ1v) is 6.02. The Balaban J connectivity index is 0. The number of carboxylic acid groups (broad SMARTS) is 4. The van der Waals surface area contributed by atoms with Gasteiger partial charge in [0.15, 0.2) is 0 Å². The topological polar surface area (TPSA) is 156 Å². The minimum atomic E-state index is -1.18. The maximum Gasteiger partial charge on any atom is 0.317 e. The molecular weight excluding hydrogens is 340 g/mol. The largest absolute Gasteiger partial charge is 0.480 e. The second-order valence-corrected chi connectivity index (χ2v) is 4.35. The van der Waals surface area contributed by atoms with Gasteiger partial charge in [-0.2, -0.15) is 0 Å². The van der Waals surface area contributed by atoms with Crippen LogP contribution in [0.15, 0.2) is 0 Å². The Morgan fingerprint density at radius 3 is 1.00 bits per heavy atom. The molecule has 10 nitrogen and oxygen atoms in total. The van der Waals surface area contributed by atoms with Gasteiger partial charge in [0.25, 0.3) is 0 Å². The Kier molecular flexibility index (Phi) is 12.3. The predicted molar refractivity (Wildman–Crippen MR) is 68.0 cm³/mol. The van der Waals surface area contributed by atoms with Crippen molar-refractivity contribution in [2.24, 2.45) is 0 Å². The average molecular weight is 358 g/mol. The maximum atomic E-state index is 10.6. The number of hydrogen-bond donors (Lipinski definition) is 4. The van der Waals surface area contributed by atoms with E-state index in [-0.39, 0.29) is 36.9 Å². The number of hydrogen-bond acceptors (Lipinski definition) is 6. The molecule has 0 aliphatic heterocycles. The van der Waals surface area contributed by atoms with Gasteiger partial charge in [-0.05, 0) is 6.42 Å². The Morgan fingerprint density at radius 2 is 0.818 bits per heavy atom.